The van der Waals surface area contributed by atoms with Crippen LogP contribution < -0.4 is 10.1 Å². The molecule has 0 aliphatic rings. The van der Waals surface area contributed by atoms with Crippen molar-refractivity contribution in [3.8, 4) is 5.75 Å². The lowest BCUT2D eigenvalue weighted by Gasteiger charge is -2.13. The molecule has 0 radical (unpaired) electrons. The Hall–Kier alpha value is -2.82. The molecule has 154 valence electrons. The summed E-state index contributed by atoms with van der Waals surface area (Å²) >= 11 is 6.22. The van der Waals surface area contributed by atoms with Gasteiger partial charge in [0.1, 0.15) is 18.2 Å². The molecule has 0 fully saturated rings. The van der Waals surface area contributed by atoms with Crippen LogP contribution in [-0.4, -0.2) is 16.5 Å². The van der Waals surface area contributed by atoms with Gasteiger partial charge in [-0.3, -0.25) is 0 Å². The second kappa shape index (κ2) is 9.79. The molecule has 0 aliphatic heterocycles. The number of hydrogen-bond acceptors (Lipinski definition) is 3. The summed E-state index contributed by atoms with van der Waals surface area (Å²) in [6, 6.07) is 22.3. The highest BCUT2D eigenvalue weighted by Crippen LogP contribution is 2.24. The number of rotatable bonds is 9. The first-order valence-electron chi connectivity index (χ1n) is 10.3. The van der Waals surface area contributed by atoms with E-state index in [9.17, 15) is 0 Å². The average molecular weight is 420 g/mol. The van der Waals surface area contributed by atoms with Gasteiger partial charge in [0.05, 0.1) is 11.0 Å². The molecule has 0 aliphatic carbocycles. The maximum Gasteiger partial charge on any atom is 0.124 e. The maximum absolute atomic E-state index is 6.22. The van der Waals surface area contributed by atoms with Crippen molar-refractivity contribution in [3.63, 3.8) is 0 Å². The van der Waals surface area contributed by atoms with E-state index in [1.54, 1.807) is 0 Å². The minimum absolute atomic E-state index is 0.544. The number of para-hydroxylation sites is 2. The summed E-state index contributed by atoms with van der Waals surface area (Å²) in [5.41, 5.74) is 5.58. The van der Waals surface area contributed by atoms with Gasteiger partial charge >= 0.3 is 0 Å². The van der Waals surface area contributed by atoms with Crippen LogP contribution in [0.25, 0.3) is 11.0 Å². The third-order valence-corrected chi connectivity index (χ3v) is 5.26. The van der Waals surface area contributed by atoms with Crippen LogP contribution in [0.15, 0.2) is 66.7 Å². The van der Waals surface area contributed by atoms with Crippen molar-refractivity contribution < 1.29 is 4.74 Å². The number of nitrogens with one attached hydrogen (secondary N) is 2. The van der Waals surface area contributed by atoms with Crippen molar-refractivity contribution in [3.05, 3.63) is 94.3 Å². The molecule has 30 heavy (non-hydrogen) atoms. The molecular formula is C25H26ClN3O. The van der Waals surface area contributed by atoms with Crippen molar-refractivity contribution in [2.24, 2.45) is 0 Å². The van der Waals surface area contributed by atoms with Gasteiger partial charge in [-0.05, 0) is 55.8 Å². The summed E-state index contributed by atoms with van der Waals surface area (Å²) in [6.07, 6.45) is 1.91. The van der Waals surface area contributed by atoms with Crippen molar-refractivity contribution in [2.75, 3.05) is 6.54 Å². The predicted molar refractivity (Wildman–Crippen MR) is 123 cm³/mol. The number of ether oxygens (including phenoxy) is 1. The van der Waals surface area contributed by atoms with E-state index in [1.165, 1.54) is 5.56 Å². The lowest BCUT2D eigenvalue weighted by atomic mass is 10.1. The molecule has 0 saturated heterocycles. The fourth-order valence-corrected chi connectivity index (χ4v) is 3.71. The number of H-pyrrole nitrogens is 1. The molecule has 0 amide bonds. The van der Waals surface area contributed by atoms with E-state index in [-0.39, 0.29) is 0 Å². The van der Waals surface area contributed by atoms with Crippen molar-refractivity contribution in [2.45, 2.75) is 32.9 Å². The molecule has 1 heterocycles. The Kier molecular flexibility index (Phi) is 6.67. The maximum atomic E-state index is 6.22. The topological polar surface area (TPSA) is 49.9 Å². The minimum Gasteiger partial charge on any atom is -0.489 e. The van der Waals surface area contributed by atoms with Gasteiger partial charge in [-0.15, -0.1) is 0 Å². The number of aromatic nitrogens is 2. The summed E-state index contributed by atoms with van der Waals surface area (Å²) in [5.74, 6) is 1.90. The quantitative estimate of drug-likeness (QED) is 0.336. The van der Waals surface area contributed by atoms with Crippen LogP contribution in [0, 0.1) is 6.92 Å². The minimum atomic E-state index is 0.544. The van der Waals surface area contributed by atoms with Gasteiger partial charge in [-0.1, -0.05) is 53.6 Å². The lowest BCUT2D eigenvalue weighted by Crippen LogP contribution is -2.16. The average Bonchev–Trinajstić information content (AvgIpc) is 3.16. The molecule has 4 rings (SSSR count). The molecule has 5 heteroatoms. The molecule has 1 aromatic heterocycles. The molecule has 0 atom stereocenters. The second-order valence-corrected chi connectivity index (χ2v) is 7.95. The van der Waals surface area contributed by atoms with Crippen molar-refractivity contribution >= 4 is 22.6 Å². The highest BCUT2D eigenvalue weighted by atomic mass is 35.5. The van der Waals surface area contributed by atoms with E-state index in [4.69, 9.17) is 16.3 Å². The highest BCUT2D eigenvalue weighted by Gasteiger charge is 2.06. The number of aryl methyl sites for hydroxylation is 2. The lowest BCUT2D eigenvalue weighted by molar-refractivity contribution is 0.302. The Morgan fingerprint density at radius 1 is 1.03 bits per heavy atom. The third-order valence-electron chi connectivity index (χ3n) is 5.02. The van der Waals surface area contributed by atoms with Crippen molar-refractivity contribution in [1.29, 1.82) is 0 Å². The van der Waals surface area contributed by atoms with Gasteiger partial charge in [0, 0.05) is 23.6 Å². The monoisotopic (exact) mass is 419 g/mol. The van der Waals surface area contributed by atoms with Gasteiger partial charge in [0.15, 0.2) is 0 Å². The van der Waals surface area contributed by atoms with Crippen LogP contribution in [0.1, 0.15) is 28.9 Å². The number of nitrogens with zero attached hydrogens (tertiary/aromatic N) is 1. The number of benzene rings is 3. The number of aromatic amines is 1. The van der Waals surface area contributed by atoms with Gasteiger partial charge in [0.25, 0.3) is 0 Å². The Balaban J connectivity index is 1.28. The molecule has 3 aromatic carbocycles. The van der Waals surface area contributed by atoms with Crippen LogP contribution in [0.4, 0.5) is 0 Å². The molecule has 0 spiro atoms. The van der Waals surface area contributed by atoms with E-state index in [0.717, 1.165) is 58.1 Å². The summed E-state index contributed by atoms with van der Waals surface area (Å²) < 4.78 is 6.08. The van der Waals surface area contributed by atoms with E-state index >= 15 is 0 Å². The van der Waals surface area contributed by atoms with Gasteiger partial charge in [-0.2, -0.15) is 0 Å². The first-order valence-corrected chi connectivity index (χ1v) is 10.7. The molecule has 2 N–H and O–H groups in total. The van der Waals surface area contributed by atoms with Gasteiger partial charge < -0.3 is 15.0 Å². The van der Waals surface area contributed by atoms with Gasteiger partial charge in [-0.25, -0.2) is 4.98 Å². The van der Waals surface area contributed by atoms with Crippen LogP contribution in [0.3, 0.4) is 0 Å². The Bertz CT molecular complexity index is 1090. The Morgan fingerprint density at radius 2 is 1.93 bits per heavy atom. The number of hydrogen-bond donors (Lipinski definition) is 2. The fraction of sp³-hybridized carbons (Fsp3) is 0.240. The standard InChI is InChI=1S/C25H26ClN3O/c1-18-6-4-7-19(14-18)17-30-24-12-11-21(26)15-20(24)16-27-13-5-10-25-28-22-8-2-3-9-23(22)29-25/h2-4,6-9,11-12,14-15,27H,5,10,13,16-17H2,1H3,(H,28,29). The third kappa shape index (κ3) is 5.41. The van der Waals surface area contributed by atoms with Crippen LogP contribution in [0.2, 0.25) is 5.02 Å². The summed E-state index contributed by atoms with van der Waals surface area (Å²) in [6.45, 7) is 4.24. The van der Waals surface area contributed by atoms with E-state index in [2.05, 4.69) is 52.5 Å². The van der Waals surface area contributed by atoms with Crippen LogP contribution >= 0.6 is 11.6 Å². The molecular weight excluding hydrogens is 394 g/mol. The zero-order valence-corrected chi connectivity index (χ0v) is 17.9. The van der Waals surface area contributed by atoms with E-state index < -0.39 is 0 Å². The Labute approximate surface area is 182 Å². The number of halogens is 1. The highest BCUT2D eigenvalue weighted by molar-refractivity contribution is 6.30. The molecule has 0 bridgehead atoms. The molecule has 0 saturated carbocycles. The second-order valence-electron chi connectivity index (χ2n) is 7.51. The smallest absolute Gasteiger partial charge is 0.124 e. The molecule has 0 unspecified atom stereocenters. The van der Waals surface area contributed by atoms with E-state index in [0.29, 0.717) is 13.2 Å². The largest absolute Gasteiger partial charge is 0.489 e. The fourth-order valence-electron chi connectivity index (χ4n) is 3.52. The predicted octanol–water partition coefficient (Wildman–Crippen LogP) is 5.83. The first-order chi connectivity index (χ1) is 14.7. The van der Waals surface area contributed by atoms with Crippen molar-refractivity contribution in [1.82, 2.24) is 15.3 Å². The summed E-state index contributed by atoms with van der Waals surface area (Å²) in [7, 11) is 0. The summed E-state index contributed by atoms with van der Waals surface area (Å²) in [5, 5.41) is 4.22. The van der Waals surface area contributed by atoms with Crippen LogP contribution in [-0.2, 0) is 19.6 Å². The van der Waals surface area contributed by atoms with Gasteiger partial charge in [0.2, 0.25) is 0 Å². The number of fused-ring (bicyclic) bond motifs is 1. The number of imidazole rings is 1. The first kappa shape index (κ1) is 20.5. The Morgan fingerprint density at radius 3 is 2.80 bits per heavy atom. The molecule has 4 nitrogen and oxygen atoms in total. The molecule has 4 aromatic rings. The van der Waals surface area contributed by atoms with Crippen LogP contribution in [0.5, 0.6) is 5.75 Å². The summed E-state index contributed by atoms with van der Waals surface area (Å²) in [4.78, 5) is 8.01. The van der Waals surface area contributed by atoms with E-state index in [1.807, 2.05) is 36.4 Å². The zero-order chi connectivity index (χ0) is 20.8. The normalized spacial score (nSPS) is 11.1. The SMILES string of the molecule is Cc1cccc(COc2ccc(Cl)cc2CNCCCc2nc3ccccc3[nH]2)c1. The zero-order valence-electron chi connectivity index (χ0n) is 17.1.